The summed E-state index contributed by atoms with van der Waals surface area (Å²) in [6.07, 6.45) is 4.65. The molecule has 0 aliphatic heterocycles. The van der Waals surface area contributed by atoms with Crippen molar-refractivity contribution in [2.45, 2.75) is 31.7 Å². The van der Waals surface area contributed by atoms with Crippen LogP contribution in [0.25, 0.3) is 0 Å². The molecule has 1 aliphatic rings. The Morgan fingerprint density at radius 2 is 2.17 bits per heavy atom. The highest BCUT2D eigenvalue weighted by Gasteiger charge is 2.19. The van der Waals surface area contributed by atoms with Gasteiger partial charge >= 0.3 is 0 Å². The van der Waals surface area contributed by atoms with Crippen molar-refractivity contribution in [2.24, 2.45) is 0 Å². The zero-order chi connectivity index (χ0) is 13.0. The average molecular weight is 337 g/mol. The molecular formula is C13H16BrClFNO. The maximum absolute atomic E-state index is 13.2. The molecule has 0 aromatic heterocycles. The Morgan fingerprint density at radius 3 is 2.89 bits per heavy atom. The van der Waals surface area contributed by atoms with Crippen LogP contribution in [0.4, 0.5) is 4.39 Å². The lowest BCUT2D eigenvalue weighted by atomic mass is 10.3. The number of ether oxygens (including phenoxy) is 1. The molecule has 0 radical (unpaired) electrons. The van der Waals surface area contributed by atoms with Gasteiger partial charge in [-0.1, -0.05) is 11.6 Å². The largest absolute Gasteiger partial charge is 0.492 e. The van der Waals surface area contributed by atoms with Crippen molar-refractivity contribution in [3.63, 3.8) is 0 Å². The topological polar surface area (TPSA) is 21.3 Å². The summed E-state index contributed by atoms with van der Waals surface area (Å²) in [6.45, 7) is 1.62. The first-order valence-electron chi connectivity index (χ1n) is 6.17. The van der Waals surface area contributed by atoms with E-state index in [9.17, 15) is 4.39 Å². The van der Waals surface area contributed by atoms with E-state index in [1.807, 2.05) is 0 Å². The van der Waals surface area contributed by atoms with E-state index < -0.39 is 5.82 Å². The molecule has 0 amide bonds. The third-order valence-electron chi connectivity index (χ3n) is 2.81. The van der Waals surface area contributed by atoms with E-state index in [1.165, 1.54) is 25.0 Å². The van der Waals surface area contributed by atoms with Gasteiger partial charge in [-0.2, -0.15) is 0 Å². The fraction of sp³-hybridized carbons (Fsp3) is 0.538. The molecule has 2 rings (SSSR count). The third kappa shape index (κ3) is 4.41. The predicted molar refractivity (Wildman–Crippen MR) is 74.9 cm³/mol. The van der Waals surface area contributed by atoms with Crippen molar-refractivity contribution < 1.29 is 9.13 Å². The molecule has 0 bridgehead atoms. The van der Waals surface area contributed by atoms with Crippen LogP contribution >= 0.6 is 27.5 Å². The molecule has 0 unspecified atom stereocenters. The number of rotatable bonds is 7. The summed E-state index contributed by atoms with van der Waals surface area (Å²) in [4.78, 5) is 0. The summed E-state index contributed by atoms with van der Waals surface area (Å²) in [5.41, 5.74) is 0. The van der Waals surface area contributed by atoms with Crippen molar-refractivity contribution in [3.8, 4) is 5.75 Å². The summed E-state index contributed by atoms with van der Waals surface area (Å²) in [7, 11) is 0. The molecule has 1 saturated carbocycles. The SMILES string of the molecule is Fc1cc(OCCCCNC2CC2)c(Br)cc1Cl. The van der Waals surface area contributed by atoms with E-state index in [4.69, 9.17) is 16.3 Å². The van der Waals surface area contributed by atoms with Crippen LogP contribution in [0.5, 0.6) is 5.75 Å². The van der Waals surface area contributed by atoms with E-state index in [-0.39, 0.29) is 5.02 Å². The lowest BCUT2D eigenvalue weighted by Gasteiger charge is -2.09. The second-order valence-corrected chi connectivity index (χ2v) is 5.74. The number of halogens is 3. The number of hydrogen-bond acceptors (Lipinski definition) is 2. The van der Waals surface area contributed by atoms with Crippen molar-refractivity contribution in [1.82, 2.24) is 5.32 Å². The number of hydrogen-bond donors (Lipinski definition) is 1. The maximum atomic E-state index is 13.2. The van der Waals surface area contributed by atoms with Gasteiger partial charge in [-0.15, -0.1) is 0 Å². The van der Waals surface area contributed by atoms with Crippen LogP contribution < -0.4 is 10.1 Å². The van der Waals surface area contributed by atoms with E-state index in [0.29, 0.717) is 16.8 Å². The van der Waals surface area contributed by atoms with Gasteiger partial charge in [0.1, 0.15) is 11.6 Å². The van der Waals surface area contributed by atoms with Crippen molar-refractivity contribution >= 4 is 27.5 Å². The minimum Gasteiger partial charge on any atom is -0.492 e. The van der Waals surface area contributed by atoms with Gasteiger partial charge in [0, 0.05) is 12.1 Å². The van der Waals surface area contributed by atoms with Crippen LogP contribution in [0.1, 0.15) is 25.7 Å². The third-order valence-corrected chi connectivity index (χ3v) is 3.72. The number of benzene rings is 1. The van der Waals surface area contributed by atoms with Gasteiger partial charge in [0.05, 0.1) is 16.1 Å². The second kappa shape index (κ2) is 6.73. The summed E-state index contributed by atoms with van der Waals surface area (Å²) in [5.74, 6) is 0.0531. The lowest BCUT2D eigenvalue weighted by molar-refractivity contribution is 0.302. The first-order valence-corrected chi connectivity index (χ1v) is 7.34. The summed E-state index contributed by atoms with van der Waals surface area (Å²) < 4.78 is 19.4. The van der Waals surface area contributed by atoms with Crippen LogP contribution in [0.2, 0.25) is 5.02 Å². The van der Waals surface area contributed by atoms with E-state index in [2.05, 4.69) is 21.2 Å². The van der Waals surface area contributed by atoms with Gasteiger partial charge in [-0.3, -0.25) is 0 Å². The van der Waals surface area contributed by atoms with Gasteiger partial charge in [0.2, 0.25) is 0 Å². The molecule has 0 saturated heterocycles. The fourth-order valence-electron chi connectivity index (χ4n) is 1.62. The molecule has 0 heterocycles. The predicted octanol–water partition coefficient (Wildman–Crippen LogP) is 4.15. The molecule has 2 nitrogen and oxygen atoms in total. The Hall–Kier alpha value is -0.320. The molecule has 5 heteroatoms. The highest BCUT2D eigenvalue weighted by atomic mass is 79.9. The summed E-state index contributed by atoms with van der Waals surface area (Å²) >= 11 is 8.96. The maximum Gasteiger partial charge on any atom is 0.145 e. The molecule has 1 fully saturated rings. The Kier molecular flexibility index (Phi) is 5.27. The molecular weight excluding hydrogens is 321 g/mol. The average Bonchev–Trinajstić information content (AvgIpc) is 3.13. The minimum atomic E-state index is -0.453. The Labute approximate surface area is 120 Å². The summed E-state index contributed by atoms with van der Waals surface area (Å²) in [5, 5.41) is 3.54. The Balaban J connectivity index is 1.67. The Bertz CT molecular complexity index is 412. The standard InChI is InChI=1S/C13H16BrClFNO/c14-10-7-11(15)12(16)8-13(10)18-6-2-1-5-17-9-3-4-9/h7-9,17H,1-6H2. The first kappa shape index (κ1) is 14.1. The van der Waals surface area contributed by atoms with Crippen LogP contribution in [0.3, 0.4) is 0 Å². The van der Waals surface area contributed by atoms with Crippen LogP contribution in [-0.2, 0) is 0 Å². The minimum absolute atomic E-state index is 0.0999. The van der Waals surface area contributed by atoms with Gasteiger partial charge < -0.3 is 10.1 Å². The molecule has 0 spiro atoms. The van der Waals surface area contributed by atoms with Gasteiger partial charge in [-0.05, 0) is 54.2 Å². The van der Waals surface area contributed by atoms with Crippen molar-refractivity contribution in [1.29, 1.82) is 0 Å². The van der Waals surface area contributed by atoms with Crippen LogP contribution in [0.15, 0.2) is 16.6 Å². The van der Waals surface area contributed by atoms with Crippen LogP contribution in [0, 0.1) is 5.82 Å². The molecule has 0 atom stereocenters. The lowest BCUT2D eigenvalue weighted by Crippen LogP contribution is -2.17. The quantitative estimate of drug-likeness (QED) is 0.596. The molecule has 1 aliphatic carbocycles. The first-order chi connectivity index (χ1) is 8.66. The molecule has 18 heavy (non-hydrogen) atoms. The zero-order valence-corrected chi connectivity index (χ0v) is 12.4. The van der Waals surface area contributed by atoms with Crippen molar-refractivity contribution in [3.05, 3.63) is 27.4 Å². The number of unbranched alkanes of at least 4 members (excludes halogenated alkanes) is 1. The van der Waals surface area contributed by atoms with E-state index in [0.717, 1.165) is 25.4 Å². The zero-order valence-electron chi connectivity index (χ0n) is 10.0. The number of nitrogens with one attached hydrogen (secondary N) is 1. The van der Waals surface area contributed by atoms with Crippen LogP contribution in [-0.4, -0.2) is 19.2 Å². The van der Waals surface area contributed by atoms with Gasteiger partial charge in [0.15, 0.2) is 0 Å². The van der Waals surface area contributed by atoms with E-state index in [1.54, 1.807) is 0 Å². The highest BCUT2D eigenvalue weighted by Crippen LogP contribution is 2.30. The molecule has 1 aromatic rings. The summed E-state index contributed by atoms with van der Waals surface area (Å²) in [6, 6.07) is 3.58. The van der Waals surface area contributed by atoms with Crippen molar-refractivity contribution in [2.75, 3.05) is 13.2 Å². The second-order valence-electron chi connectivity index (χ2n) is 4.48. The van der Waals surface area contributed by atoms with Gasteiger partial charge in [0.25, 0.3) is 0 Å². The smallest absolute Gasteiger partial charge is 0.145 e. The van der Waals surface area contributed by atoms with Gasteiger partial charge in [-0.25, -0.2) is 4.39 Å². The molecule has 1 N–H and O–H groups in total. The normalized spacial score (nSPS) is 14.8. The molecule has 1 aromatic carbocycles. The Morgan fingerprint density at radius 1 is 1.39 bits per heavy atom. The highest BCUT2D eigenvalue weighted by molar-refractivity contribution is 9.10. The molecule has 100 valence electrons. The monoisotopic (exact) mass is 335 g/mol. The van der Waals surface area contributed by atoms with E-state index >= 15 is 0 Å². The fourth-order valence-corrected chi connectivity index (χ4v) is 2.37.